The summed E-state index contributed by atoms with van der Waals surface area (Å²) in [5.41, 5.74) is -15.7. The van der Waals surface area contributed by atoms with Crippen molar-refractivity contribution in [2.24, 2.45) is 0 Å². The number of halogens is 6. The topological polar surface area (TPSA) is 162 Å². The average Bonchev–Trinajstić information content (AvgIpc) is 3.24. The van der Waals surface area contributed by atoms with E-state index < -0.39 is 172 Å². The molecule has 0 aliphatic rings. The largest absolute Gasteiger partial charge is 0.359 e. The third-order valence-corrected chi connectivity index (χ3v) is 7.40. The van der Waals surface area contributed by atoms with Gasteiger partial charge in [-0.25, -0.2) is 46.1 Å². The minimum absolute atomic E-state index is 0.705. The Labute approximate surface area is 305 Å². The van der Waals surface area contributed by atoms with E-state index in [9.17, 15) is 15.8 Å². The minimum Gasteiger partial charge on any atom is -0.359 e. The lowest BCUT2D eigenvalue weighted by Crippen LogP contribution is -2.05. The van der Waals surface area contributed by atoms with Gasteiger partial charge in [0.2, 0.25) is 11.0 Å². The molecule has 0 saturated carbocycles. The zero-order chi connectivity index (χ0) is 43.8. The summed E-state index contributed by atoms with van der Waals surface area (Å²) in [4.78, 5) is 33.6. The molecule has 7 rings (SSSR count). The molecule has 4 aromatic carbocycles. The molecule has 54 heavy (non-hydrogen) atoms. The molecular formula is C36H6F6N12. The molecule has 3 heterocycles. The number of fused-ring (bicyclic) bond motifs is 6. The number of nitriles is 3. The van der Waals surface area contributed by atoms with E-state index in [1.165, 1.54) is 18.2 Å². The normalized spacial score (nSPS) is 12.2. The summed E-state index contributed by atoms with van der Waals surface area (Å²) in [5, 5.41) is 28.8. The van der Waals surface area contributed by atoms with Crippen molar-refractivity contribution in [3.63, 3.8) is 0 Å². The summed E-state index contributed by atoms with van der Waals surface area (Å²) in [7, 11) is 0. The first-order valence-electron chi connectivity index (χ1n) is 17.1. The number of aromatic nitrogens is 6. The Bertz CT molecular complexity index is 3030. The Morgan fingerprint density at radius 3 is 1.15 bits per heavy atom. The summed E-state index contributed by atoms with van der Waals surface area (Å²) in [5.74, 6) is -12.8. The molecule has 0 atom stereocenters. The fourth-order valence-electron chi connectivity index (χ4n) is 5.22. The molecule has 0 amide bonds. The number of benzene rings is 4. The summed E-state index contributed by atoms with van der Waals surface area (Å²) < 4.78 is 143. The third kappa shape index (κ3) is 5.13. The Morgan fingerprint density at radius 1 is 0.463 bits per heavy atom. The fourth-order valence-corrected chi connectivity index (χ4v) is 5.22. The summed E-state index contributed by atoms with van der Waals surface area (Å²) in [6, 6.07) is -3.61. The summed E-state index contributed by atoms with van der Waals surface area (Å²) in [6.07, 6.45) is 0. The molecule has 0 bridgehead atoms. The van der Waals surface area contributed by atoms with Crippen molar-refractivity contribution in [3.8, 4) is 52.0 Å². The second-order valence-electron chi connectivity index (χ2n) is 10.3. The third-order valence-electron chi connectivity index (χ3n) is 7.40. The van der Waals surface area contributed by atoms with Crippen molar-refractivity contribution in [2.45, 2.75) is 0 Å². The Morgan fingerprint density at radius 2 is 0.796 bits per heavy atom. The van der Waals surface area contributed by atoms with Gasteiger partial charge in [-0.05, 0) is 36.3 Å². The molecule has 12 nitrogen and oxygen atoms in total. The van der Waals surface area contributed by atoms with Crippen LogP contribution in [-0.2, 0) is 0 Å². The zero-order valence-corrected chi connectivity index (χ0v) is 25.6. The van der Waals surface area contributed by atoms with Crippen molar-refractivity contribution in [3.05, 3.63) is 122 Å². The van der Waals surface area contributed by atoms with Gasteiger partial charge in [0.15, 0.2) is 16.9 Å². The summed E-state index contributed by atoms with van der Waals surface area (Å²) in [6.45, 7) is 22.7. The first-order valence-corrected chi connectivity index (χ1v) is 14.1. The molecule has 0 aliphatic carbocycles. The van der Waals surface area contributed by atoms with Gasteiger partial charge in [-0.15, -0.1) is 9.97 Å². The number of hydrogen-bond donors (Lipinski definition) is 0. The molecule has 252 valence electrons. The summed E-state index contributed by atoms with van der Waals surface area (Å²) >= 11 is 0. The van der Waals surface area contributed by atoms with Crippen molar-refractivity contribution in [1.82, 2.24) is 29.9 Å². The Kier molecular flexibility index (Phi) is 6.36. The monoisotopic (exact) mass is 726 g/mol. The van der Waals surface area contributed by atoms with Crippen molar-refractivity contribution >= 4 is 50.4 Å². The van der Waals surface area contributed by atoms with Gasteiger partial charge in [-0.1, -0.05) is 13.1 Å². The lowest BCUT2D eigenvalue weighted by Gasteiger charge is -2.13. The van der Waals surface area contributed by atoms with Crippen LogP contribution in [0.4, 0.5) is 43.7 Å². The quantitative estimate of drug-likeness (QED) is 0.0986. The Hall–Kier alpha value is -8.58. The van der Waals surface area contributed by atoms with Crippen LogP contribution in [0.5, 0.6) is 0 Å². The maximum absolute atomic E-state index is 15.7. The van der Waals surface area contributed by atoms with Gasteiger partial charge in [0.05, 0.1) is 54.8 Å². The molecule has 0 fully saturated rings. The SMILES string of the molecule is [2H]c1c(F)c(-c2nc3c(nc2C#N)c2nc(-c4c(F)c([2H])c(C#N)c([2H])c4F)c([N+]#[C-])nc2c2nc(-c4c(F)c([2H])c([N+]#[C-])c([2H])c4F)c([N+]#[C-])nc32)c(F)c([2H])c1C#N. The van der Waals surface area contributed by atoms with Crippen molar-refractivity contribution in [2.75, 3.05) is 0 Å². The zero-order valence-electron chi connectivity index (χ0n) is 31.6. The van der Waals surface area contributed by atoms with Gasteiger partial charge < -0.3 is 9.69 Å². The van der Waals surface area contributed by atoms with Crippen LogP contribution in [0.25, 0.3) is 81.4 Å². The van der Waals surface area contributed by atoms with Crippen LogP contribution < -0.4 is 0 Å². The van der Waals surface area contributed by atoms with E-state index in [4.69, 9.17) is 27.9 Å². The van der Waals surface area contributed by atoms with Gasteiger partial charge >= 0.3 is 0 Å². The van der Waals surface area contributed by atoms with Crippen LogP contribution in [-0.4, -0.2) is 29.9 Å². The maximum Gasteiger partial charge on any atom is 0.297 e. The second kappa shape index (κ2) is 12.6. The number of hydrogen-bond acceptors (Lipinski definition) is 9. The van der Waals surface area contributed by atoms with Crippen LogP contribution in [0, 0.1) is 88.6 Å². The van der Waals surface area contributed by atoms with Crippen LogP contribution in [0.15, 0.2) is 36.3 Å². The van der Waals surface area contributed by atoms with Crippen molar-refractivity contribution < 1.29 is 34.6 Å². The van der Waals surface area contributed by atoms with Crippen LogP contribution >= 0.6 is 0 Å². The van der Waals surface area contributed by atoms with E-state index in [1.807, 2.05) is 0 Å². The predicted octanol–water partition coefficient (Wildman–Crippen LogP) is 8.62. The molecule has 0 saturated heterocycles. The molecule has 0 spiro atoms. The minimum atomic E-state index is -1.80. The van der Waals surface area contributed by atoms with E-state index in [0.717, 1.165) is 0 Å². The number of rotatable bonds is 3. The van der Waals surface area contributed by atoms with E-state index >= 15 is 26.3 Å². The van der Waals surface area contributed by atoms with Gasteiger partial charge in [-0.2, -0.15) is 15.8 Å². The average molecular weight is 727 g/mol. The van der Waals surface area contributed by atoms with Crippen LogP contribution in [0.1, 0.15) is 25.0 Å². The highest BCUT2D eigenvalue weighted by Gasteiger charge is 2.31. The highest BCUT2D eigenvalue weighted by atomic mass is 19.2. The highest BCUT2D eigenvalue weighted by molar-refractivity contribution is 6.19. The van der Waals surface area contributed by atoms with Crippen LogP contribution in [0.3, 0.4) is 0 Å². The molecule has 0 unspecified atom stereocenters. The Balaban J connectivity index is 1.76. The smallest absolute Gasteiger partial charge is 0.297 e. The second-order valence-corrected chi connectivity index (χ2v) is 10.3. The standard InChI is InChI=1S/C36H6F6N12/c1-46-15-8-20(41)25(21(42)9-15)28-36(48-3)53-33-30-29(49-22(12-45)26(50-30)23-16(37)4-13(10-43)5-17(23)38)31-34(32(33)52-28)54-35(47-2)27(51-31)24-18(39)6-14(11-44)7-19(24)40/h4-9H/i4D,5D,6D,7D,8D,9D. The van der Waals surface area contributed by atoms with Gasteiger partial charge in [0.25, 0.3) is 11.6 Å². The lowest BCUT2D eigenvalue weighted by atomic mass is 10.0. The van der Waals surface area contributed by atoms with E-state index in [-0.39, 0.29) is 0 Å². The van der Waals surface area contributed by atoms with E-state index in [2.05, 4.69) is 44.4 Å². The molecule has 7 aromatic rings. The molecule has 18 heteroatoms. The fraction of sp³-hybridized carbons (Fsp3) is 0. The molecule has 0 radical (unpaired) electrons. The van der Waals surface area contributed by atoms with Gasteiger partial charge in [0, 0.05) is 0 Å². The van der Waals surface area contributed by atoms with Crippen LogP contribution in [0.2, 0.25) is 0 Å². The first-order chi connectivity index (χ1) is 28.5. The maximum atomic E-state index is 15.7. The molecular weight excluding hydrogens is 714 g/mol. The molecule has 0 aliphatic heterocycles. The van der Waals surface area contributed by atoms with Gasteiger partial charge in [0.1, 0.15) is 74.6 Å². The van der Waals surface area contributed by atoms with Gasteiger partial charge in [-0.3, -0.25) is 4.98 Å². The van der Waals surface area contributed by atoms with E-state index in [1.54, 1.807) is 0 Å². The predicted molar refractivity (Wildman–Crippen MR) is 175 cm³/mol. The lowest BCUT2D eigenvalue weighted by molar-refractivity contribution is 0.587. The highest BCUT2D eigenvalue weighted by Crippen LogP contribution is 2.42. The van der Waals surface area contributed by atoms with Crippen molar-refractivity contribution in [1.29, 1.82) is 15.8 Å². The molecule has 0 N–H and O–H groups in total. The van der Waals surface area contributed by atoms with E-state index in [0.29, 0.717) is 0 Å². The number of nitrogens with zero attached hydrogens (tertiary/aromatic N) is 12. The first kappa shape index (κ1) is 27.2. The molecule has 3 aromatic heterocycles.